The SMILES string of the molecule is CC(C(=O)NN)C(C)N(C)CC1CCCO1. The van der Waals surface area contributed by atoms with Gasteiger partial charge in [-0.05, 0) is 26.8 Å². The van der Waals surface area contributed by atoms with Crippen molar-refractivity contribution in [1.29, 1.82) is 0 Å². The summed E-state index contributed by atoms with van der Waals surface area (Å²) in [5.74, 6) is 4.90. The molecule has 0 bridgehead atoms. The molecule has 1 heterocycles. The number of likely N-dealkylation sites (N-methyl/N-ethyl adjacent to an activating group) is 1. The first-order chi connectivity index (χ1) is 7.56. The highest BCUT2D eigenvalue weighted by molar-refractivity contribution is 5.78. The third-order valence-electron chi connectivity index (χ3n) is 3.49. The van der Waals surface area contributed by atoms with E-state index in [4.69, 9.17) is 10.6 Å². The molecule has 0 aromatic carbocycles. The maximum atomic E-state index is 11.4. The standard InChI is InChI=1S/C11H23N3O2/c1-8(11(15)13-12)9(2)14(3)7-10-5-4-6-16-10/h8-10H,4-7,12H2,1-3H3,(H,13,15). The van der Waals surface area contributed by atoms with Gasteiger partial charge in [-0.25, -0.2) is 5.84 Å². The molecule has 0 aliphatic carbocycles. The topological polar surface area (TPSA) is 67.6 Å². The van der Waals surface area contributed by atoms with Crippen molar-refractivity contribution < 1.29 is 9.53 Å². The number of carbonyl (C=O) groups excluding carboxylic acids is 1. The first-order valence-electron chi connectivity index (χ1n) is 5.88. The van der Waals surface area contributed by atoms with Crippen molar-refractivity contribution in [2.75, 3.05) is 20.2 Å². The zero-order chi connectivity index (χ0) is 12.1. The molecule has 3 unspecified atom stereocenters. The number of nitrogens with one attached hydrogen (secondary N) is 1. The summed E-state index contributed by atoms with van der Waals surface area (Å²) in [5, 5.41) is 0. The molecule has 1 rings (SSSR count). The van der Waals surface area contributed by atoms with Crippen LogP contribution in [-0.4, -0.2) is 43.2 Å². The van der Waals surface area contributed by atoms with E-state index in [0.717, 1.165) is 26.0 Å². The molecule has 1 aliphatic rings. The van der Waals surface area contributed by atoms with Crippen LogP contribution in [0.1, 0.15) is 26.7 Å². The molecule has 1 saturated heterocycles. The van der Waals surface area contributed by atoms with Gasteiger partial charge >= 0.3 is 0 Å². The van der Waals surface area contributed by atoms with Crippen molar-refractivity contribution in [2.24, 2.45) is 11.8 Å². The lowest BCUT2D eigenvalue weighted by molar-refractivity contribution is -0.126. The van der Waals surface area contributed by atoms with Gasteiger partial charge in [0, 0.05) is 19.2 Å². The Morgan fingerprint density at radius 3 is 2.81 bits per heavy atom. The van der Waals surface area contributed by atoms with Crippen molar-refractivity contribution in [1.82, 2.24) is 10.3 Å². The number of hydrogen-bond donors (Lipinski definition) is 2. The molecule has 16 heavy (non-hydrogen) atoms. The maximum Gasteiger partial charge on any atom is 0.238 e. The van der Waals surface area contributed by atoms with Crippen LogP contribution in [0.4, 0.5) is 0 Å². The Labute approximate surface area is 97.3 Å². The number of nitrogens with two attached hydrogens (primary N) is 1. The summed E-state index contributed by atoms with van der Waals surface area (Å²) >= 11 is 0. The Hall–Kier alpha value is -0.650. The Morgan fingerprint density at radius 2 is 2.31 bits per heavy atom. The van der Waals surface area contributed by atoms with Gasteiger partial charge in [-0.1, -0.05) is 6.92 Å². The van der Waals surface area contributed by atoms with E-state index in [-0.39, 0.29) is 17.9 Å². The Kier molecular flexibility index (Phi) is 5.18. The highest BCUT2D eigenvalue weighted by Crippen LogP contribution is 2.16. The van der Waals surface area contributed by atoms with Gasteiger partial charge in [-0.3, -0.25) is 10.2 Å². The molecule has 0 aromatic rings. The lowest BCUT2D eigenvalue weighted by Gasteiger charge is -2.30. The van der Waals surface area contributed by atoms with Gasteiger partial charge in [-0.15, -0.1) is 0 Å². The molecule has 3 atom stereocenters. The van der Waals surface area contributed by atoms with Crippen LogP contribution in [0.3, 0.4) is 0 Å². The van der Waals surface area contributed by atoms with Gasteiger partial charge in [0.15, 0.2) is 0 Å². The Morgan fingerprint density at radius 1 is 1.62 bits per heavy atom. The van der Waals surface area contributed by atoms with Crippen molar-refractivity contribution in [2.45, 2.75) is 38.8 Å². The molecule has 3 N–H and O–H groups in total. The summed E-state index contributed by atoms with van der Waals surface area (Å²) in [6.45, 7) is 5.67. The Bertz CT molecular complexity index is 229. The number of carbonyl (C=O) groups is 1. The van der Waals surface area contributed by atoms with Crippen LogP contribution >= 0.6 is 0 Å². The van der Waals surface area contributed by atoms with E-state index in [1.807, 2.05) is 20.9 Å². The average Bonchev–Trinajstić information content (AvgIpc) is 2.78. The summed E-state index contributed by atoms with van der Waals surface area (Å²) in [4.78, 5) is 13.6. The molecule has 5 heteroatoms. The lowest BCUT2D eigenvalue weighted by atomic mass is 10.0. The summed E-state index contributed by atoms with van der Waals surface area (Å²) in [6.07, 6.45) is 2.58. The normalized spacial score (nSPS) is 24.4. The number of hydrazine groups is 1. The first-order valence-corrected chi connectivity index (χ1v) is 5.88. The predicted octanol–water partition coefficient (Wildman–Crippen LogP) is 0.112. The van der Waals surface area contributed by atoms with Crippen LogP contribution in [0.15, 0.2) is 0 Å². The minimum atomic E-state index is -0.119. The molecule has 1 fully saturated rings. The number of ether oxygens (including phenoxy) is 1. The summed E-state index contributed by atoms with van der Waals surface area (Å²) < 4.78 is 5.57. The fraction of sp³-hybridized carbons (Fsp3) is 0.909. The van der Waals surface area contributed by atoms with Gasteiger partial charge in [0.2, 0.25) is 5.91 Å². The van der Waals surface area contributed by atoms with E-state index in [1.165, 1.54) is 0 Å². The molecular weight excluding hydrogens is 206 g/mol. The third-order valence-corrected chi connectivity index (χ3v) is 3.49. The fourth-order valence-electron chi connectivity index (χ4n) is 2.01. The van der Waals surface area contributed by atoms with Crippen molar-refractivity contribution in [3.8, 4) is 0 Å². The van der Waals surface area contributed by atoms with E-state index >= 15 is 0 Å². The van der Waals surface area contributed by atoms with Crippen LogP contribution in [0.2, 0.25) is 0 Å². The minimum Gasteiger partial charge on any atom is -0.377 e. The fourth-order valence-corrected chi connectivity index (χ4v) is 2.01. The van der Waals surface area contributed by atoms with Crippen LogP contribution in [-0.2, 0) is 9.53 Å². The van der Waals surface area contributed by atoms with Crippen molar-refractivity contribution >= 4 is 5.91 Å². The quantitative estimate of drug-likeness (QED) is 0.399. The molecular formula is C11H23N3O2. The highest BCUT2D eigenvalue weighted by atomic mass is 16.5. The van der Waals surface area contributed by atoms with E-state index < -0.39 is 0 Å². The molecule has 1 amide bonds. The van der Waals surface area contributed by atoms with E-state index in [9.17, 15) is 4.79 Å². The zero-order valence-corrected chi connectivity index (χ0v) is 10.4. The van der Waals surface area contributed by atoms with Crippen molar-refractivity contribution in [3.63, 3.8) is 0 Å². The van der Waals surface area contributed by atoms with E-state index in [0.29, 0.717) is 6.10 Å². The van der Waals surface area contributed by atoms with E-state index in [2.05, 4.69) is 10.3 Å². The monoisotopic (exact) mass is 229 g/mol. The number of amides is 1. The van der Waals surface area contributed by atoms with Gasteiger partial charge in [0.1, 0.15) is 0 Å². The second-order valence-electron chi connectivity index (χ2n) is 4.61. The maximum absolute atomic E-state index is 11.4. The Balaban J connectivity index is 2.39. The number of nitrogens with zero attached hydrogens (tertiary/aromatic N) is 1. The number of hydrogen-bond acceptors (Lipinski definition) is 4. The van der Waals surface area contributed by atoms with Gasteiger partial charge in [0.25, 0.3) is 0 Å². The molecule has 0 spiro atoms. The summed E-state index contributed by atoms with van der Waals surface area (Å²) in [6, 6.07) is 0.160. The summed E-state index contributed by atoms with van der Waals surface area (Å²) in [7, 11) is 2.02. The smallest absolute Gasteiger partial charge is 0.238 e. The second kappa shape index (κ2) is 6.18. The minimum absolute atomic E-state index is 0.114. The average molecular weight is 229 g/mol. The van der Waals surface area contributed by atoms with Gasteiger partial charge in [-0.2, -0.15) is 0 Å². The zero-order valence-electron chi connectivity index (χ0n) is 10.4. The van der Waals surface area contributed by atoms with Crippen LogP contribution in [0, 0.1) is 5.92 Å². The highest BCUT2D eigenvalue weighted by Gasteiger charge is 2.26. The molecule has 1 aliphatic heterocycles. The largest absolute Gasteiger partial charge is 0.377 e. The van der Waals surface area contributed by atoms with Crippen molar-refractivity contribution in [3.05, 3.63) is 0 Å². The first kappa shape index (κ1) is 13.4. The molecule has 0 aromatic heterocycles. The van der Waals surface area contributed by atoms with E-state index in [1.54, 1.807) is 0 Å². The number of rotatable bonds is 5. The van der Waals surface area contributed by atoms with Crippen LogP contribution in [0.25, 0.3) is 0 Å². The third kappa shape index (κ3) is 3.43. The van der Waals surface area contributed by atoms with Crippen LogP contribution in [0.5, 0.6) is 0 Å². The lowest BCUT2D eigenvalue weighted by Crippen LogP contribution is -2.46. The predicted molar refractivity (Wildman–Crippen MR) is 62.6 cm³/mol. The summed E-state index contributed by atoms with van der Waals surface area (Å²) in [5.41, 5.74) is 2.20. The van der Waals surface area contributed by atoms with Crippen LogP contribution < -0.4 is 11.3 Å². The second-order valence-corrected chi connectivity index (χ2v) is 4.61. The molecule has 94 valence electrons. The molecule has 0 saturated carbocycles. The molecule has 0 radical (unpaired) electrons. The van der Waals surface area contributed by atoms with Gasteiger partial charge < -0.3 is 9.64 Å². The van der Waals surface area contributed by atoms with Gasteiger partial charge in [0.05, 0.1) is 12.0 Å². The molecule has 5 nitrogen and oxygen atoms in total.